The molecule has 50 valence electrons. The molecule has 0 aliphatic rings. The Hall–Kier alpha value is -0.250. The minimum atomic E-state index is -3.02. The van der Waals surface area contributed by atoms with Crippen LogP contribution in [0.3, 0.4) is 0 Å². The Kier molecular flexibility index (Phi) is 3.60. The molecule has 0 aromatic heterocycles. The first-order valence-corrected chi connectivity index (χ1v) is 2.22. The van der Waals surface area contributed by atoms with E-state index in [-0.39, 0.29) is 6.61 Å². The van der Waals surface area contributed by atoms with E-state index in [1.165, 1.54) is 6.92 Å². The van der Waals surface area contributed by atoms with Crippen LogP contribution in [0, 0.1) is 0 Å². The van der Waals surface area contributed by atoms with Gasteiger partial charge in [-0.25, -0.2) is 13.2 Å². The van der Waals surface area contributed by atoms with Crippen molar-refractivity contribution >= 4 is 0 Å². The van der Waals surface area contributed by atoms with E-state index < -0.39 is 12.8 Å². The van der Waals surface area contributed by atoms with Gasteiger partial charge in [0.25, 0.3) is 12.8 Å². The van der Waals surface area contributed by atoms with Gasteiger partial charge in [-0.3, -0.25) is 0 Å². The highest BCUT2D eigenvalue weighted by Gasteiger charge is 2.17. The van der Waals surface area contributed by atoms with E-state index in [1.54, 1.807) is 0 Å². The molecule has 1 atom stereocenters. The van der Waals surface area contributed by atoms with Crippen LogP contribution in [0.1, 0.15) is 6.92 Å². The summed E-state index contributed by atoms with van der Waals surface area (Å²) in [6.07, 6.45) is -5.44. The predicted molar refractivity (Wildman–Crippen MR) is 22.5 cm³/mol. The summed E-state index contributed by atoms with van der Waals surface area (Å²) < 4.78 is 37.7. The van der Waals surface area contributed by atoms with Crippen LogP contribution in [0.5, 0.6) is 0 Å². The second-order valence-corrected chi connectivity index (χ2v) is 1.14. The predicted octanol–water partition coefficient (Wildman–Crippen LogP) is 1.58. The first-order chi connectivity index (χ1) is 3.68. The Balaban J connectivity index is 3.17. The standard InChI is InChI=1S/C4H7F3O/c1-2-8-4(7)3(5)6/h3-4H,2H2,1H3. The number of alkyl halides is 3. The normalized spacial score (nSPS) is 14.6. The zero-order valence-electron chi connectivity index (χ0n) is 4.40. The lowest BCUT2D eigenvalue weighted by Crippen LogP contribution is -2.15. The summed E-state index contributed by atoms with van der Waals surface area (Å²) in [5.74, 6) is 0. The molecular weight excluding hydrogens is 121 g/mol. The molecule has 0 aliphatic carbocycles. The zero-order valence-corrected chi connectivity index (χ0v) is 4.40. The molecular formula is C4H7F3O. The number of hydrogen-bond acceptors (Lipinski definition) is 1. The molecule has 1 unspecified atom stereocenters. The quantitative estimate of drug-likeness (QED) is 0.560. The topological polar surface area (TPSA) is 9.23 Å². The Morgan fingerprint density at radius 2 is 1.88 bits per heavy atom. The average Bonchev–Trinajstić information content (AvgIpc) is 1.67. The lowest BCUT2D eigenvalue weighted by Gasteiger charge is -2.04. The van der Waals surface area contributed by atoms with Gasteiger partial charge in [-0.15, -0.1) is 0 Å². The van der Waals surface area contributed by atoms with Gasteiger partial charge in [-0.05, 0) is 6.92 Å². The van der Waals surface area contributed by atoms with E-state index in [1.807, 2.05) is 0 Å². The Morgan fingerprint density at radius 1 is 1.38 bits per heavy atom. The zero-order chi connectivity index (χ0) is 6.57. The number of rotatable bonds is 3. The summed E-state index contributed by atoms with van der Waals surface area (Å²) in [6, 6.07) is 0. The van der Waals surface area contributed by atoms with Gasteiger partial charge in [0.2, 0.25) is 0 Å². The summed E-state index contributed by atoms with van der Waals surface area (Å²) >= 11 is 0. The lowest BCUT2D eigenvalue weighted by atomic mass is 10.7. The van der Waals surface area contributed by atoms with E-state index in [0.29, 0.717) is 0 Å². The van der Waals surface area contributed by atoms with Crippen LogP contribution in [0.25, 0.3) is 0 Å². The molecule has 0 bridgehead atoms. The highest BCUT2D eigenvalue weighted by molar-refractivity contribution is 4.40. The van der Waals surface area contributed by atoms with Crippen molar-refractivity contribution in [2.24, 2.45) is 0 Å². The minimum absolute atomic E-state index is 0.0223. The minimum Gasteiger partial charge on any atom is -0.344 e. The largest absolute Gasteiger partial charge is 0.344 e. The first-order valence-electron chi connectivity index (χ1n) is 2.22. The molecule has 0 heterocycles. The van der Waals surface area contributed by atoms with Gasteiger partial charge in [-0.2, -0.15) is 0 Å². The van der Waals surface area contributed by atoms with Gasteiger partial charge in [-0.1, -0.05) is 0 Å². The van der Waals surface area contributed by atoms with E-state index in [2.05, 4.69) is 4.74 Å². The van der Waals surface area contributed by atoms with Crippen molar-refractivity contribution in [1.82, 2.24) is 0 Å². The van der Waals surface area contributed by atoms with Crippen LogP contribution in [0.4, 0.5) is 13.2 Å². The van der Waals surface area contributed by atoms with Crippen LogP contribution in [-0.2, 0) is 4.74 Å². The monoisotopic (exact) mass is 128 g/mol. The third-order valence-corrected chi connectivity index (χ3v) is 0.524. The van der Waals surface area contributed by atoms with Crippen LogP contribution in [0.2, 0.25) is 0 Å². The smallest absolute Gasteiger partial charge is 0.293 e. The highest BCUT2D eigenvalue weighted by atomic mass is 19.3. The third kappa shape index (κ3) is 2.85. The molecule has 0 rings (SSSR count). The molecule has 8 heavy (non-hydrogen) atoms. The summed E-state index contributed by atoms with van der Waals surface area (Å²) in [4.78, 5) is 0. The molecule has 0 aliphatic heterocycles. The van der Waals surface area contributed by atoms with Crippen molar-refractivity contribution in [2.75, 3.05) is 6.61 Å². The Bertz CT molecular complexity index is 57.2. The maximum Gasteiger partial charge on any atom is 0.293 e. The average molecular weight is 128 g/mol. The second kappa shape index (κ2) is 3.72. The van der Waals surface area contributed by atoms with Crippen molar-refractivity contribution in [3.63, 3.8) is 0 Å². The summed E-state index contributed by atoms with van der Waals surface area (Å²) in [7, 11) is 0. The van der Waals surface area contributed by atoms with Crippen molar-refractivity contribution in [1.29, 1.82) is 0 Å². The van der Waals surface area contributed by atoms with Gasteiger partial charge >= 0.3 is 0 Å². The molecule has 0 amide bonds. The SMILES string of the molecule is CCOC(F)C(F)F. The van der Waals surface area contributed by atoms with Crippen molar-refractivity contribution in [2.45, 2.75) is 19.7 Å². The van der Waals surface area contributed by atoms with E-state index in [9.17, 15) is 13.2 Å². The molecule has 0 N–H and O–H groups in total. The highest BCUT2D eigenvalue weighted by Crippen LogP contribution is 2.05. The molecule has 0 spiro atoms. The maximum absolute atomic E-state index is 11.6. The number of ether oxygens (including phenoxy) is 1. The molecule has 0 saturated carbocycles. The van der Waals surface area contributed by atoms with E-state index in [4.69, 9.17) is 0 Å². The van der Waals surface area contributed by atoms with Gasteiger partial charge in [0.1, 0.15) is 0 Å². The molecule has 0 aromatic carbocycles. The number of halogens is 3. The van der Waals surface area contributed by atoms with Gasteiger partial charge in [0.15, 0.2) is 0 Å². The van der Waals surface area contributed by atoms with Gasteiger partial charge < -0.3 is 4.74 Å². The Morgan fingerprint density at radius 3 is 2.00 bits per heavy atom. The van der Waals surface area contributed by atoms with E-state index >= 15 is 0 Å². The summed E-state index contributed by atoms with van der Waals surface area (Å²) in [6.45, 7) is 1.43. The van der Waals surface area contributed by atoms with Crippen molar-refractivity contribution < 1.29 is 17.9 Å². The molecule has 0 saturated heterocycles. The first kappa shape index (κ1) is 7.75. The van der Waals surface area contributed by atoms with E-state index in [0.717, 1.165) is 0 Å². The Labute approximate surface area is 45.4 Å². The molecule has 1 nitrogen and oxygen atoms in total. The van der Waals surface area contributed by atoms with Gasteiger partial charge in [0, 0.05) is 6.61 Å². The fourth-order valence-corrected chi connectivity index (χ4v) is 0.232. The molecule has 0 aromatic rings. The third-order valence-electron chi connectivity index (χ3n) is 0.524. The van der Waals surface area contributed by atoms with Crippen molar-refractivity contribution in [3.8, 4) is 0 Å². The molecule has 0 fully saturated rings. The fraction of sp³-hybridized carbons (Fsp3) is 1.00. The molecule has 0 radical (unpaired) electrons. The summed E-state index contributed by atoms with van der Waals surface area (Å²) in [5, 5.41) is 0. The van der Waals surface area contributed by atoms with Crippen LogP contribution >= 0.6 is 0 Å². The maximum atomic E-state index is 11.6. The number of hydrogen-bond donors (Lipinski definition) is 0. The van der Waals surface area contributed by atoms with Crippen LogP contribution < -0.4 is 0 Å². The van der Waals surface area contributed by atoms with Gasteiger partial charge in [0.05, 0.1) is 0 Å². The molecule has 4 heteroatoms. The lowest BCUT2D eigenvalue weighted by molar-refractivity contribution is -0.124. The van der Waals surface area contributed by atoms with Crippen LogP contribution in [-0.4, -0.2) is 19.4 Å². The second-order valence-electron chi connectivity index (χ2n) is 1.14. The van der Waals surface area contributed by atoms with Crippen LogP contribution in [0.15, 0.2) is 0 Å². The summed E-state index contributed by atoms with van der Waals surface area (Å²) in [5.41, 5.74) is 0. The fourth-order valence-electron chi connectivity index (χ4n) is 0.232. The van der Waals surface area contributed by atoms with Crippen molar-refractivity contribution in [3.05, 3.63) is 0 Å².